The minimum atomic E-state index is -1.00. The molecule has 1 rings (SSSR count). The van der Waals surface area contributed by atoms with Crippen LogP contribution in [0.4, 0.5) is 4.39 Å². The third kappa shape index (κ3) is 4.60. The monoisotopic (exact) mass is 281 g/mol. The van der Waals surface area contributed by atoms with Gasteiger partial charge in [0.25, 0.3) is 0 Å². The fourth-order valence-electron chi connectivity index (χ4n) is 2.20. The van der Waals surface area contributed by atoms with Gasteiger partial charge >= 0.3 is 5.97 Å². The molecule has 20 heavy (non-hydrogen) atoms. The molecule has 0 spiro atoms. The van der Waals surface area contributed by atoms with E-state index < -0.39 is 5.97 Å². The molecule has 0 saturated heterocycles. The minimum absolute atomic E-state index is 0.191. The number of carboxylic acid groups (broad SMARTS) is 1. The van der Waals surface area contributed by atoms with Crippen LogP contribution >= 0.6 is 0 Å². The number of rotatable bonds is 8. The van der Waals surface area contributed by atoms with Gasteiger partial charge in [-0.1, -0.05) is 20.3 Å². The Morgan fingerprint density at radius 1 is 1.40 bits per heavy atom. The van der Waals surface area contributed by atoms with E-state index in [9.17, 15) is 14.3 Å². The summed E-state index contributed by atoms with van der Waals surface area (Å²) in [5.41, 5.74) is 0.741. The highest BCUT2D eigenvalue weighted by Gasteiger charge is 2.17. The summed E-state index contributed by atoms with van der Waals surface area (Å²) in [5, 5.41) is 9.20. The molecule has 3 nitrogen and oxygen atoms in total. The van der Waals surface area contributed by atoms with Gasteiger partial charge in [-0.25, -0.2) is 9.18 Å². The Hall–Kier alpha value is -1.42. The smallest absolute Gasteiger partial charge is 0.336 e. The zero-order chi connectivity index (χ0) is 15.1. The van der Waals surface area contributed by atoms with E-state index in [1.54, 1.807) is 0 Å². The summed E-state index contributed by atoms with van der Waals surface area (Å²) in [6, 6.07) is 4.24. The molecule has 0 bridgehead atoms. The molecular weight excluding hydrogens is 257 g/mol. The van der Waals surface area contributed by atoms with Gasteiger partial charge in [0.05, 0.1) is 5.56 Å². The summed E-state index contributed by atoms with van der Waals surface area (Å²) in [7, 11) is 0. The lowest BCUT2D eigenvalue weighted by Crippen LogP contribution is -2.33. The fourth-order valence-corrected chi connectivity index (χ4v) is 2.20. The summed E-state index contributed by atoms with van der Waals surface area (Å²) in [4.78, 5) is 13.5. The molecule has 1 unspecified atom stereocenters. The first-order chi connectivity index (χ1) is 9.49. The molecule has 1 aromatic carbocycles. The number of hydrogen-bond donors (Lipinski definition) is 1. The Labute approximate surface area is 120 Å². The Balaban J connectivity index is 2.96. The minimum Gasteiger partial charge on any atom is -0.478 e. The van der Waals surface area contributed by atoms with Gasteiger partial charge in [-0.2, -0.15) is 0 Å². The molecule has 0 fully saturated rings. The van der Waals surface area contributed by atoms with Crippen molar-refractivity contribution in [2.24, 2.45) is 0 Å². The number of nitrogens with zero attached hydrogens (tertiary/aromatic N) is 1. The fraction of sp³-hybridized carbons (Fsp3) is 0.562. The van der Waals surface area contributed by atoms with Crippen LogP contribution in [0.15, 0.2) is 18.2 Å². The van der Waals surface area contributed by atoms with Gasteiger partial charge in [-0.05, 0) is 50.1 Å². The van der Waals surface area contributed by atoms with E-state index in [2.05, 4.69) is 25.7 Å². The molecule has 0 aliphatic heterocycles. The quantitative estimate of drug-likeness (QED) is 0.785. The molecular formula is C16H24FNO2. The molecule has 112 valence electrons. The van der Waals surface area contributed by atoms with Gasteiger partial charge in [0.1, 0.15) is 5.82 Å². The van der Waals surface area contributed by atoms with Gasteiger partial charge in [-0.15, -0.1) is 0 Å². The van der Waals surface area contributed by atoms with Crippen molar-refractivity contribution in [3.8, 4) is 0 Å². The van der Waals surface area contributed by atoms with Gasteiger partial charge < -0.3 is 5.11 Å². The van der Waals surface area contributed by atoms with Crippen molar-refractivity contribution in [2.45, 2.75) is 52.6 Å². The third-order valence-corrected chi connectivity index (χ3v) is 3.68. The number of unbranched alkanes of at least 4 members (excludes halogenated alkanes) is 1. The highest BCUT2D eigenvalue weighted by Crippen LogP contribution is 2.17. The maximum absolute atomic E-state index is 13.4. The molecule has 0 aromatic heterocycles. The zero-order valence-electron chi connectivity index (χ0n) is 12.5. The summed E-state index contributed by atoms with van der Waals surface area (Å²) < 4.78 is 13.4. The number of benzene rings is 1. The second-order valence-electron chi connectivity index (χ2n) is 5.19. The van der Waals surface area contributed by atoms with Crippen molar-refractivity contribution in [3.05, 3.63) is 35.1 Å². The van der Waals surface area contributed by atoms with Crippen LogP contribution in [0.2, 0.25) is 0 Å². The van der Waals surface area contributed by atoms with Crippen LogP contribution in [0.25, 0.3) is 0 Å². The Morgan fingerprint density at radius 2 is 2.10 bits per heavy atom. The highest BCUT2D eigenvalue weighted by atomic mass is 19.1. The number of hydrogen-bond acceptors (Lipinski definition) is 2. The summed E-state index contributed by atoms with van der Waals surface area (Å²) in [6.07, 6.45) is 3.13. The molecule has 0 amide bonds. The third-order valence-electron chi connectivity index (χ3n) is 3.68. The predicted octanol–water partition coefficient (Wildman–Crippen LogP) is 3.92. The van der Waals surface area contributed by atoms with Gasteiger partial charge in [0.15, 0.2) is 0 Å². The molecule has 0 saturated carbocycles. The van der Waals surface area contributed by atoms with Crippen molar-refractivity contribution in [1.29, 1.82) is 0 Å². The molecule has 0 aliphatic rings. The Bertz CT molecular complexity index is 448. The topological polar surface area (TPSA) is 40.5 Å². The van der Waals surface area contributed by atoms with Gasteiger partial charge in [0, 0.05) is 12.6 Å². The first-order valence-electron chi connectivity index (χ1n) is 7.25. The lowest BCUT2D eigenvalue weighted by molar-refractivity contribution is 0.0693. The van der Waals surface area contributed by atoms with Gasteiger partial charge in [0.2, 0.25) is 0 Å². The predicted molar refractivity (Wildman–Crippen MR) is 78.4 cm³/mol. The van der Waals surface area contributed by atoms with Crippen LogP contribution in [0.1, 0.15) is 56.0 Å². The summed E-state index contributed by atoms with van der Waals surface area (Å²) in [6.45, 7) is 7.73. The summed E-state index contributed by atoms with van der Waals surface area (Å²) in [5.74, 6) is -1.39. The molecule has 0 radical (unpaired) electrons. The van der Waals surface area contributed by atoms with Crippen LogP contribution in [0.5, 0.6) is 0 Å². The maximum Gasteiger partial charge on any atom is 0.336 e. The normalized spacial score (nSPS) is 12.7. The Kier molecular flexibility index (Phi) is 6.65. The van der Waals surface area contributed by atoms with E-state index in [1.165, 1.54) is 18.2 Å². The number of carbonyl (C=O) groups is 1. The SMILES string of the molecule is CCCCN(Cc1cc(F)ccc1C(=O)O)C(C)CC. The van der Waals surface area contributed by atoms with E-state index >= 15 is 0 Å². The zero-order valence-corrected chi connectivity index (χ0v) is 12.5. The number of aromatic carboxylic acids is 1. The lowest BCUT2D eigenvalue weighted by Gasteiger charge is -2.29. The first-order valence-corrected chi connectivity index (χ1v) is 7.25. The lowest BCUT2D eigenvalue weighted by atomic mass is 10.1. The van der Waals surface area contributed by atoms with E-state index in [0.29, 0.717) is 18.2 Å². The molecule has 1 aromatic rings. The molecule has 0 heterocycles. The standard InChI is InChI=1S/C16H24FNO2/c1-4-6-9-18(12(3)5-2)11-13-10-14(17)7-8-15(13)16(19)20/h7-8,10,12H,4-6,9,11H2,1-3H3,(H,19,20). The van der Waals surface area contributed by atoms with Crippen LogP contribution in [-0.2, 0) is 6.54 Å². The number of carboxylic acids is 1. The van der Waals surface area contributed by atoms with Crippen molar-refractivity contribution >= 4 is 5.97 Å². The highest BCUT2D eigenvalue weighted by molar-refractivity contribution is 5.89. The van der Waals surface area contributed by atoms with Crippen LogP contribution in [0, 0.1) is 5.82 Å². The average molecular weight is 281 g/mol. The van der Waals surface area contributed by atoms with Crippen LogP contribution in [-0.4, -0.2) is 28.6 Å². The second-order valence-corrected chi connectivity index (χ2v) is 5.19. The largest absolute Gasteiger partial charge is 0.478 e. The van der Waals surface area contributed by atoms with E-state index in [-0.39, 0.29) is 11.4 Å². The average Bonchev–Trinajstić information content (AvgIpc) is 2.42. The molecule has 4 heteroatoms. The van der Waals surface area contributed by atoms with E-state index in [4.69, 9.17) is 0 Å². The molecule has 1 N–H and O–H groups in total. The van der Waals surface area contributed by atoms with Crippen molar-refractivity contribution < 1.29 is 14.3 Å². The van der Waals surface area contributed by atoms with Crippen LogP contribution < -0.4 is 0 Å². The van der Waals surface area contributed by atoms with Crippen LogP contribution in [0.3, 0.4) is 0 Å². The molecule has 1 atom stereocenters. The maximum atomic E-state index is 13.4. The van der Waals surface area contributed by atoms with Gasteiger partial charge in [-0.3, -0.25) is 4.90 Å². The van der Waals surface area contributed by atoms with E-state index in [1.807, 2.05) is 0 Å². The second kappa shape index (κ2) is 8.00. The molecule has 0 aliphatic carbocycles. The van der Waals surface area contributed by atoms with Crippen molar-refractivity contribution in [2.75, 3.05) is 6.54 Å². The van der Waals surface area contributed by atoms with E-state index in [0.717, 1.165) is 25.8 Å². The number of halogens is 1. The van der Waals surface area contributed by atoms with Crippen molar-refractivity contribution in [1.82, 2.24) is 4.90 Å². The van der Waals surface area contributed by atoms with Crippen molar-refractivity contribution in [3.63, 3.8) is 0 Å². The summed E-state index contributed by atoms with van der Waals surface area (Å²) >= 11 is 0. The first kappa shape index (κ1) is 16.6. The Morgan fingerprint density at radius 3 is 2.65 bits per heavy atom.